The molecule has 1 spiro atoms. The highest BCUT2D eigenvalue weighted by Crippen LogP contribution is 2.46. The van der Waals surface area contributed by atoms with Crippen LogP contribution in [0.3, 0.4) is 0 Å². The summed E-state index contributed by atoms with van der Waals surface area (Å²) in [5.41, 5.74) is 1.41. The average molecular weight is 274 g/mol. The summed E-state index contributed by atoms with van der Waals surface area (Å²) >= 11 is 0. The molecule has 0 amide bonds. The van der Waals surface area contributed by atoms with E-state index >= 15 is 0 Å². The molecule has 3 nitrogen and oxygen atoms in total. The number of rotatable bonds is 5. The van der Waals surface area contributed by atoms with Crippen LogP contribution in [0, 0.1) is 5.92 Å². The lowest BCUT2D eigenvalue weighted by Gasteiger charge is -2.48. The zero-order chi connectivity index (χ0) is 13.8. The van der Waals surface area contributed by atoms with Gasteiger partial charge in [0.1, 0.15) is 0 Å². The molecule has 0 radical (unpaired) electrons. The highest BCUT2D eigenvalue weighted by Gasteiger charge is 2.44. The van der Waals surface area contributed by atoms with Gasteiger partial charge in [0, 0.05) is 12.8 Å². The summed E-state index contributed by atoms with van der Waals surface area (Å²) in [5.74, 6) is 0.658. The standard InChI is InChI=1S/C17H26N2O/c1-2-10-19-16(15-6-3-4-11-18-15)14-7-12-20-17(13-14)8-5-9-17/h3-4,6,11,14,16,19H,2,5,7-10,12-13H2,1H3. The second-order valence-corrected chi connectivity index (χ2v) is 6.32. The predicted octanol–water partition coefficient (Wildman–Crippen LogP) is 3.47. The monoisotopic (exact) mass is 274 g/mol. The van der Waals surface area contributed by atoms with E-state index in [1.54, 1.807) is 0 Å². The molecule has 2 aliphatic rings. The Bertz CT molecular complexity index is 416. The van der Waals surface area contributed by atoms with Crippen LogP contribution < -0.4 is 5.32 Å². The molecular formula is C17H26N2O. The Hall–Kier alpha value is -0.930. The van der Waals surface area contributed by atoms with Gasteiger partial charge in [-0.25, -0.2) is 0 Å². The van der Waals surface area contributed by atoms with E-state index in [0.717, 1.165) is 26.0 Å². The second-order valence-electron chi connectivity index (χ2n) is 6.32. The fourth-order valence-corrected chi connectivity index (χ4v) is 3.64. The van der Waals surface area contributed by atoms with Crippen molar-refractivity contribution in [2.75, 3.05) is 13.2 Å². The summed E-state index contributed by atoms with van der Waals surface area (Å²) in [7, 11) is 0. The number of nitrogens with zero attached hydrogens (tertiary/aromatic N) is 1. The number of hydrogen-bond donors (Lipinski definition) is 1. The fraction of sp³-hybridized carbons (Fsp3) is 0.706. The van der Waals surface area contributed by atoms with Crippen molar-refractivity contribution in [3.63, 3.8) is 0 Å². The SMILES string of the molecule is CCCNC(c1ccccn1)C1CCOC2(CCC2)C1. The van der Waals surface area contributed by atoms with E-state index in [1.165, 1.54) is 31.4 Å². The minimum atomic E-state index is 0.212. The van der Waals surface area contributed by atoms with Gasteiger partial charge in [0.25, 0.3) is 0 Å². The van der Waals surface area contributed by atoms with Gasteiger partial charge in [-0.1, -0.05) is 13.0 Å². The van der Waals surface area contributed by atoms with Crippen LogP contribution in [-0.4, -0.2) is 23.7 Å². The maximum absolute atomic E-state index is 6.07. The van der Waals surface area contributed by atoms with Crippen LogP contribution >= 0.6 is 0 Å². The van der Waals surface area contributed by atoms with Gasteiger partial charge in [0.15, 0.2) is 0 Å². The van der Waals surface area contributed by atoms with Gasteiger partial charge in [-0.3, -0.25) is 4.98 Å². The predicted molar refractivity (Wildman–Crippen MR) is 80.5 cm³/mol. The Morgan fingerprint density at radius 3 is 3.00 bits per heavy atom. The molecule has 1 aliphatic heterocycles. The summed E-state index contributed by atoms with van der Waals surface area (Å²) in [6.45, 7) is 4.20. The van der Waals surface area contributed by atoms with E-state index in [9.17, 15) is 0 Å². The Kier molecular flexibility index (Phi) is 4.37. The Balaban J connectivity index is 1.74. The first-order chi connectivity index (χ1) is 9.83. The van der Waals surface area contributed by atoms with Crippen LogP contribution in [-0.2, 0) is 4.74 Å². The number of ether oxygens (including phenoxy) is 1. The molecule has 0 bridgehead atoms. The summed E-state index contributed by atoms with van der Waals surface area (Å²) < 4.78 is 6.07. The van der Waals surface area contributed by atoms with Crippen LogP contribution in [0.2, 0.25) is 0 Å². The van der Waals surface area contributed by atoms with Gasteiger partial charge >= 0.3 is 0 Å². The third-order valence-corrected chi connectivity index (χ3v) is 4.89. The van der Waals surface area contributed by atoms with E-state index in [2.05, 4.69) is 29.4 Å². The van der Waals surface area contributed by atoms with Gasteiger partial charge in [0.05, 0.1) is 17.3 Å². The van der Waals surface area contributed by atoms with Crippen LogP contribution in [0.15, 0.2) is 24.4 Å². The van der Waals surface area contributed by atoms with E-state index in [1.807, 2.05) is 12.3 Å². The highest BCUT2D eigenvalue weighted by atomic mass is 16.5. The topological polar surface area (TPSA) is 34.2 Å². The molecule has 110 valence electrons. The molecule has 1 saturated heterocycles. The minimum absolute atomic E-state index is 0.212. The molecule has 3 heteroatoms. The quantitative estimate of drug-likeness (QED) is 0.892. The molecule has 20 heavy (non-hydrogen) atoms. The van der Waals surface area contributed by atoms with E-state index in [0.29, 0.717) is 12.0 Å². The fourth-order valence-electron chi connectivity index (χ4n) is 3.64. The zero-order valence-corrected chi connectivity index (χ0v) is 12.5. The van der Waals surface area contributed by atoms with Gasteiger partial charge in [-0.05, 0) is 63.1 Å². The third-order valence-electron chi connectivity index (χ3n) is 4.89. The molecule has 1 saturated carbocycles. The van der Waals surface area contributed by atoms with Gasteiger partial charge in [0.2, 0.25) is 0 Å². The van der Waals surface area contributed by atoms with Crippen molar-refractivity contribution in [3.05, 3.63) is 30.1 Å². The summed E-state index contributed by atoms with van der Waals surface area (Å²) in [6.07, 6.45) is 9.28. The zero-order valence-electron chi connectivity index (χ0n) is 12.5. The van der Waals surface area contributed by atoms with Crippen LogP contribution in [0.4, 0.5) is 0 Å². The average Bonchev–Trinajstić information content (AvgIpc) is 2.47. The number of nitrogens with one attached hydrogen (secondary N) is 1. The normalized spacial score (nSPS) is 26.1. The molecular weight excluding hydrogens is 248 g/mol. The Morgan fingerprint density at radius 1 is 1.45 bits per heavy atom. The van der Waals surface area contributed by atoms with Gasteiger partial charge < -0.3 is 10.1 Å². The Labute approximate surface area is 122 Å². The molecule has 1 aromatic rings. The molecule has 1 aromatic heterocycles. The molecule has 0 aromatic carbocycles. The van der Waals surface area contributed by atoms with Crippen LogP contribution in [0.5, 0.6) is 0 Å². The van der Waals surface area contributed by atoms with E-state index < -0.39 is 0 Å². The lowest BCUT2D eigenvalue weighted by atomic mass is 9.70. The van der Waals surface area contributed by atoms with Crippen molar-refractivity contribution in [3.8, 4) is 0 Å². The van der Waals surface area contributed by atoms with Crippen molar-refractivity contribution in [2.45, 2.75) is 57.1 Å². The molecule has 1 N–H and O–H groups in total. The van der Waals surface area contributed by atoms with Crippen LogP contribution in [0.1, 0.15) is 57.2 Å². The summed E-state index contributed by atoms with van der Waals surface area (Å²) in [6, 6.07) is 6.65. The lowest BCUT2D eigenvalue weighted by molar-refractivity contribution is -0.147. The number of pyridine rings is 1. The highest BCUT2D eigenvalue weighted by molar-refractivity contribution is 5.11. The smallest absolute Gasteiger partial charge is 0.0686 e. The van der Waals surface area contributed by atoms with Crippen LogP contribution in [0.25, 0.3) is 0 Å². The van der Waals surface area contributed by atoms with E-state index in [4.69, 9.17) is 4.74 Å². The van der Waals surface area contributed by atoms with Gasteiger partial charge in [-0.15, -0.1) is 0 Å². The molecule has 2 heterocycles. The summed E-state index contributed by atoms with van der Waals surface area (Å²) in [5, 5.41) is 3.72. The van der Waals surface area contributed by atoms with Gasteiger partial charge in [-0.2, -0.15) is 0 Å². The first-order valence-electron chi connectivity index (χ1n) is 8.11. The maximum Gasteiger partial charge on any atom is 0.0686 e. The molecule has 2 unspecified atom stereocenters. The molecule has 3 rings (SSSR count). The maximum atomic E-state index is 6.07. The minimum Gasteiger partial charge on any atom is -0.375 e. The first-order valence-corrected chi connectivity index (χ1v) is 8.11. The third kappa shape index (κ3) is 2.89. The van der Waals surface area contributed by atoms with Crippen molar-refractivity contribution >= 4 is 0 Å². The number of aromatic nitrogens is 1. The second kappa shape index (κ2) is 6.23. The lowest BCUT2D eigenvalue weighted by Crippen LogP contribution is -2.48. The Morgan fingerprint density at radius 2 is 2.35 bits per heavy atom. The van der Waals surface area contributed by atoms with Crippen molar-refractivity contribution in [1.82, 2.24) is 10.3 Å². The van der Waals surface area contributed by atoms with Crippen molar-refractivity contribution < 1.29 is 4.74 Å². The van der Waals surface area contributed by atoms with E-state index in [-0.39, 0.29) is 5.60 Å². The number of hydrogen-bond acceptors (Lipinski definition) is 3. The van der Waals surface area contributed by atoms with Crippen molar-refractivity contribution in [1.29, 1.82) is 0 Å². The largest absolute Gasteiger partial charge is 0.375 e. The summed E-state index contributed by atoms with van der Waals surface area (Å²) in [4.78, 5) is 4.60. The molecule has 1 aliphatic carbocycles. The first kappa shape index (κ1) is 14.0. The molecule has 2 atom stereocenters. The molecule has 2 fully saturated rings. The van der Waals surface area contributed by atoms with Crippen molar-refractivity contribution in [2.24, 2.45) is 5.92 Å².